The Morgan fingerprint density at radius 3 is 2.14 bits per heavy atom. The van der Waals surface area contributed by atoms with Crippen molar-refractivity contribution in [1.82, 2.24) is 0 Å². The molecule has 142 valence electrons. The number of benzene rings is 3. The van der Waals surface area contributed by atoms with Crippen molar-refractivity contribution in [2.75, 3.05) is 0 Å². The second-order valence-corrected chi connectivity index (χ2v) is 6.54. The number of carbonyl (C=O) groups excluding carboxylic acids is 1. The molecule has 0 fully saturated rings. The second-order valence-electron chi connectivity index (χ2n) is 6.54. The van der Waals surface area contributed by atoms with Crippen molar-refractivity contribution in [2.24, 2.45) is 0 Å². The van der Waals surface area contributed by atoms with Crippen molar-refractivity contribution in [2.45, 2.75) is 25.9 Å². The Hall–Kier alpha value is -3.31. The molecule has 1 unspecified atom stereocenters. The van der Waals surface area contributed by atoms with Gasteiger partial charge < -0.3 is 19.3 Å². The molecule has 0 radical (unpaired) electrons. The van der Waals surface area contributed by atoms with E-state index in [9.17, 15) is 9.90 Å². The number of hydrogen-bond donors (Lipinski definition) is 1. The Morgan fingerprint density at radius 1 is 0.893 bits per heavy atom. The lowest BCUT2D eigenvalue weighted by Crippen LogP contribution is -2.26. The van der Waals surface area contributed by atoms with Crippen molar-refractivity contribution >= 4 is 5.78 Å². The number of carbonyl (C=O) groups is 1. The minimum atomic E-state index is -1.16. The Labute approximate surface area is 163 Å². The molecule has 28 heavy (non-hydrogen) atoms. The van der Waals surface area contributed by atoms with Gasteiger partial charge in [0.15, 0.2) is 5.78 Å². The molecule has 1 aliphatic rings. The molecule has 0 saturated carbocycles. The second kappa shape index (κ2) is 8.15. The van der Waals surface area contributed by atoms with Crippen LogP contribution in [-0.4, -0.2) is 17.2 Å². The van der Waals surface area contributed by atoms with Gasteiger partial charge in [-0.2, -0.15) is 0 Å². The summed E-state index contributed by atoms with van der Waals surface area (Å²) < 4.78 is 17.3. The Bertz CT molecular complexity index is 953. The summed E-state index contributed by atoms with van der Waals surface area (Å²) in [4.78, 5) is 12.5. The van der Waals surface area contributed by atoms with Crippen LogP contribution in [0.2, 0.25) is 0 Å². The van der Waals surface area contributed by atoms with Gasteiger partial charge in [0.1, 0.15) is 36.0 Å². The van der Waals surface area contributed by atoms with Crippen molar-refractivity contribution in [3.8, 4) is 17.2 Å². The van der Waals surface area contributed by atoms with E-state index in [0.717, 1.165) is 11.1 Å². The van der Waals surface area contributed by atoms with Gasteiger partial charge in [0.05, 0.1) is 6.42 Å². The van der Waals surface area contributed by atoms with Crippen LogP contribution in [0.4, 0.5) is 0 Å². The van der Waals surface area contributed by atoms with Crippen LogP contribution < -0.4 is 14.2 Å². The fourth-order valence-electron chi connectivity index (χ4n) is 3.06. The Kier molecular flexibility index (Phi) is 5.26. The van der Waals surface area contributed by atoms with Crippen LogP contribution in [0.25, 0.3) is 0 Å². The third kappa shape index (κ3) is 4.15. The molecule has 0 aromatic heterocycles. The first-order valence-electron chi connectivity index (χ1n) is 9.08. The van der Waals surface area contributed by atoms with Crippen LogP contribution in [0, 0.1) is 0 Å². The summed E-state index contributed by atoms with van der Waals surface area (Å²) in [5, 5.41) is 9.80. The number of ketones is 1. The number of aliphatic hydroxyl groups is 1. The van der Waals surface area contributed by atoms with Crippen molar-refractivity contribution < 1.29 is 24.1 Å². The fourth-order valence-corrected chi connectivity index (χ4v) is 3.06. The summed E-state index contributed by atoms with van der Waals surface area (Å²) >= 11 is 0. The molecule has 3 aromatic rings. The van der Waals surface area contributed by atoms with Gasteiger partial charge in [-0.25, -0.2) is 0 Å². The zero-order valence-corrected chi connectivity index (χ0v) is 15.2. The number of ether oxygens (including phenoxy) is 3. The summed E-state index contributed by atoms with van der Waals surface area (Å²) in [5.41, 5.74) is 2.34. The molecule has 1 atom stereocenters. The number of aliphatic hydroxyl groups excluding tert-OH is 1. The smallest absolute Gasteiger partial charge is 0.204 e. The number of hydrogen-bond acceptors (Lipinski definition) is 5. The Morgan fingerprint density at radius 2 is 1.50 bits per heavy atom. The van der Waals surface area contributed by atoms with Crippen molar-refractivity contribution in [3.63, 3.8) is 0 Å². The number of Topliss-reactive ketones (excluding diaryl/α,β-unsaturated/α-hetero) is 1. The molecular formula is C23H20O5. The van der Waals surface area contributed by atoms with E-state index in [1.165, 1.54) is 0 Å². The average Bonchev–Trinajstić information content (AvgIpc) is 2.71. The third-order valence-corrected chi connectivity index (χ3v) is 4.43. The van der Waals surface area contributed by atoms with Gasteiger partial charge >= 0.3 is 0 Å². The molecule has 5 heteroatoms. The van der Waals surface area contributed by atoms with E-state index in [4.69, 9.17) is 14.2 Å². The zero-order chi connectivity index (χ0) is 19.3. The standard InChI is InChI=1S/C23H20O5/c24-19-13-22(25)28-21-12-18(26-14-16-7-3-1-4-8-16)11-20(23(19)21)27-15-17-9-5-2-6-10-17/h1-12,22,25H,13-15H2. The SMILES string of the molecule is O=C1CC(O)Oc2cc(OCc3ccccc3)cc(OCc3ccccc3)c21. The van der Waals surface area contributed by atoms with Gasteiger partial charge in [-0.05, 0) is 11.1 Å². The van der Waals surface area contributed by atoms with Gasteiger partial charge in [0.25, 0.3) is 0 Å². The topological polar surface area (TPSA) is 65.0 Å². The molecule has 5 nitrogen and oxygen atoms in total. The first kappa shape index (κ1) is 18.1. The molecule has 0 aliphatic carbocycles. The summed E-state index contributed by atoms with van der Waals surface area (Å²) in [6.07, 6.45) is -1.26. The number of fused-ring (bicyclic) bond motifs is 1. The highest BCUT2D eigenvalue weighted by molar-refractivity contribution is 6.02. The van der Waals surface area contributed by atoms with Crippen LogP contribution in [-0.2, 0) is 13.2 Å². The molecule has 0 amide bonds. The molecule has 4 rings (SSSR count). The normalized spacial score (nSPS) is 15.5. The predicted octanol–water partition coefficient (Wildman–Crippen LogP) is 4.13. The lowest BCUT2D eigenvalue weighted by molar-refractivity contribution is -0.0251. The lowest BCUT2D eigenvalue weighted by Gasteiger charge is -2.24. The maximum Gasteiger partial charge on any atom is 0.204 e. The van der Waals surface area contributed by atoms with E-state index in [1.54, 1.807) is 12.1 Å². The van der Waals surface area contributed by atoms with Gasteiger partial charge in [-0.1, -0.05) is 60.7 Å². The number of rotatable bonds is 6. The average molecular weight is 376 g/mol. The van der Waals surface area contributed by atoms with Gasteiger partial charge in [-0.3, -0.25) is 4.79 Å². The van der Waals surface area contributed by atoms with Crippen LogP contribution in [0.3, 0.4) is 0 Å². The van der Waals surface area contributed by atoms with Crippen LogP contribution >= 0.6 is 0 Å². The maximum absolute atomic E-state index is 12.5. The van der Waals surface area contributed by atoms with Gasteiger partial charge in [0, 0.05) is 12.1 Å². The first-order valence-corrected chi connectivity index (χ1v) is 9.08. The van der Waals surface area contributed by atoms with Gasteiger partial charge in [0.2, 0.25) is 6.29 Å². The Balaban J connectivity index is 1.60. The van der Waals surface area contributed by atoms with Crippen LogP contribution in [0.5, 0.6) is 17.2 Å². The van der Waals surface area contributed by atoms with E-state index >= 15 is 0 Å². The molecule has 1 N–H and O–H groups in total. The zero-order valence-electron chi connectivity index (χ0n) is 15.2. The maximum atomic E-state index is 12.5. The quantitative estimate of drug-likeness (QED) is 0.701. The molecule has 0 bridgehead atoms. The first-order chi connectivity index (χ1) is 13.7. The fraction of sp³-hybridized carbons (Fsp3) is 0.174. The third-order valence-electron chi connectivity index (χ3n) is 4.43. The molecule has 1 aliphatic heterocycles. The van der Waals surface area contributed by atoms with E-state index < -0.39 is 6.29 Å². The minimum absolute atomic E-state index is 0.0983. The largest absolute Gasteiger partial charge is 0.489 e. The highest BCUT2D eigenvalue weighted by Gasteiger charge is 2.29. The van der Waals surface area contributed by atoms with E-state index in [0.29, 0.717) is 30.3 Å². The van der Waals surface area contributed by atoms with E-state index in [1.807, 2.05) is 60.7 Å². The minimum Gasteiger partial charge on any atom is -0.489 e. The molecule has 0 spiro atoms. The van der Waals surface area contributed by atoms with Crippen LogP contribution in [0.1, 0.15) is 27.9 Å². The van der Waals surface area contributed by atoms with Crippen molar-refractivity contribution in [1.29, 1.82) is 0 Å². The highest BCUT2D eigenvalue weighted by Crippen LogP contribution is 2.39. The van der Waals surface area contributed by atoms with Crippen molar-refractivity contribution in [3.05, 3.63) is 89.5 Å². The lowest BCUT2D eigenvalue weighted by atomic mass is 10.0. The molecular weight excluding hydrogens is 356 g/mol. The molecule has 1 heterocycles. The molecule has 0 saturated heterocycles. The van der Waals surface area contributed by atoms with Gasteiger partial charge in [-0.15, -0.1) is 0 Å². The van der Waals surface area contributed by atoms with E-state index in [2.05, 4.69) is 0 Å². The van der Waals surface area contributed by atoms with Crippen LogP contribution in [0.15, 0.2) is 72.8 Å². The summed E-state index contributed by atoms with van der Waals surface area (Å²) in [6, 6.07) is 22.8. The summed E-state index contributed by atoms with van der Waals surface area (Å²) in [6.45, 7) is 0.680. The van der Waals surface area contributed by atoms with E-state index in [-0.39, 0.29) is 18.0 Å². The summed E-state index contributed by atoms with van der Waals surface area (Å²) in [7, 11) is 0. The highest BCUT2D eigenvalue weighted by atomic mass is 16.6. The summed E-state index contributed by atoms with van der Waals surface area (Å²) in [5.74, 6) is 0.956. The predicted molar refractivity (Wildman–Crippen MR) is 104 cm³/mol. The molecule has 3 aromatic carbocycles. The monoisotopic (exact) mass is 376 g/mol.